The minimum absolute atomic E-state index is 0. The van der Waals surface area contributed by atoms with E-state index in [1.165, 1.54) is 5.69 Å². The highest BCUT2D eigenvalue weighted by Gasteiger charge is 2.19. The summed E-state index contributed by atoms with van der Waals surface area (Å²) in [7, 11) is 1.80. The summed E-state index contributed by atoms with van der Waals surface area (Å²) < 4.78 is 5.36. The molecule has 1 amide bonds. The van der Waals surface area contributed by atoms with Crippen LogP contribution in [0.4, 0.5) is 5.69 Å². The number of para-hydroxylation sites is 1. The minimum Gasteiger partial charge on any atom is -0.484 e. The largest absolute Gasteiger partial charge is 0.484 e. The zero-order valence-electron chi connectivity index (χ0n) is 16.6. The van der Waals surface area contributed by atoms with E-state index in [2.05, 4.69) is 44.4 Å². The molecule has 1 aliphatic rings. The number of benzene rings is 2. The Bertz CT molecular complexity index is 808. The number of halogens is 1. The van der Waals surface area contributed by atoms with Crippen LogP contribution in [-0.2, 0) is 11.3 Å². The first-order valence-electron chi connectivity index (χ1n) is 9.41. The van der Waals surface area contributed by atoms with E-state index >= 15 is 0 Å². The van der Waals surface area contributed by atoms with Gasteiger partial charge in [0.1, 0.15) is 5.75 Å². The molecule has 7 nitrogen and oxygen atoms in total. The predicted molar refractivity (Wildman–Crippen MR) is 127 cm³/mol. The lowest BCUT2D eigenvalue weighted by atomic mass is 10.2. The van der Waals surface area contributed by atoms with Gasteiger partial charge in [-0.3, -0.25) is 9.79 Å². The van der Waals surface area contributed by atoms with Gasteiger partial charge in [-0.15, -0.1) is 24.0 Å². The van der Waals surface area contributed by atoms with Crippen molar-refractivity contribution in [3.63, 3.8) is 0 Å². The van der Waals surface area contributed by atoms with Crippen LogP contribution >= 0.6 is 24.0 Å². The van der Waals surface area contributed by atoms with Crippen molar-refractivity contribution in [2.24, 2.45) is 10.7 Å². The van der Waals surface area contributed by atoms with Gasteiger partial charge in [-0.05, 0) is 29.8 Å². The highest BCUT2D eigenvalue weighted by atomic mass is 127. The number of aliphatic imine (C=N–C) groups is 1. The standard InChI is InChI=1S/C21H27N5O2.HI/c1-23-21(24-15-17-6-5-9-19(14-17)28-16-20(22)27)26-12-10-25(11-13-26)18-7-3-2-4-8-18;/h2-9,14H,10-13,15-16H2,1H3,(H2,22,27)(H,23,24);1H. The predicted octanol–water partition coefficient (Wildman–Crippen LogP) is 2.07. The van der Waals surface area contributed by atoms with E-state index in [1.807, 2.05) is 30.3 Å². The van der Waals surface area contributed by atoms with Crippen LogP contribution < -0.4 is 20.7 Å². The molecule has 0 spiro atoms. The first-order chi connectivity index (χ1) is 13.7. The summed E-state index contributed by atoms with van der Waals surface area (Å²) in [5, 5.41) is 3.41. The maximum Gasteiger partial charge on any atom is 0.255 e. The molecule has 0 aromatic heterocycles. The Morgan fingerprint density at radius 1 is 1.10 bits per heavy atom. The molecular weight excluding hydrogens is 481 g/mol. The number of carbonyl (C=O) groups excluding carboxylic acids is 1. The van der Waals surface area contributed by atoms with Gasteiger partial charge in [0, 0.05) is 45.5 Å². The molecule has 29 heavy (non-hydrogen) atoms. The van der Waals surface area contributed by atoms with Crippen LogP contribution in [0.5, 0.6) is 5.75 Å². The van der Waals surface area contributed by atoms with Crippen molar-refractivity contribution >= 4 is 41.5 Å². The number of hydrogen-bond donors (Lipinski definition) is 2. The summed E-state index contributed by atoms with van der Waals surface area (Å²) in [5.41, 5.74) is 7.43. The van der Waals surface area contributed by atoms with Gasteiger partial charge in [-0.1, -0.05) is 30.3 Å². The SMILES string of the molecule is CN=C(NCc1cccc(OCC(N)=O)c1)N1CCN(c2ccccc2)CC1.I. The van der Waals surface area contributed by atoms with Gasteiger partial charge < -0.3 is 25.6 Å². The Morgan fingerprint density at radius 2 is 1.83 bits per heavy atom. The van der Waals surface area contributed by atoms with Crippen molar-refractivity contribution in [2.75, 3.05) is 44.7 Å². The molecule has 156 valence electrons. The Morgan fingerprint density at radius 3 is 2.48 bits per heavy atom. The van der Waals surface area contributed by atoms with Crippen LogP contribution in [0.1, 0.15) is 5.56 Å². The maximum absolute atomic E-state index is 10.9. The summed E-state index contributed by atoms with van der Waals surface area (Å²) in [6.45, 7) is 4.25. The molecule has 1 saturated heterocycles. The summed E-state index contributed by atoms with van der Waals surface area (Å²) in [5.74, 6) is 1.03. The van der Waals surface area contributed by atoms with Gasteiger partial charge in [0.25, 0.3) is 5.91 Å². The highest BCUT2D eigenvalue weighted by Crippen LogP contribution is 2.16. The van der Waals surface area contributed by atoms with Crippen molar-refractivity contribution in [3.8, 4) is 5.75 Å². The zero-order valence-corrected chi connectivity index (χ0v) is 18.9. The number of nitrogens with zero attached hydrogens (tertiary/aromatic N) is 3. The molecule has 1 fully saturated rings. The van der Waals surface area contributed by atoms with E-state index in [4.69, 9.17) is 10.5 Å². The number of piperazine rings is 1. The third kappa shape index (κ3) is 6.81. The van der Waals surface area contributed by atoms with E-state index in [-0.39, 0.29) is 30.6 Å². The topological polar surface area (TPSA) is 83.2 Å². The molecule has 1 heterocycles. The second kappa shape index (κ2) is 11.5. The smallest absolute Gasteiger partial charge is 0.255 e. The lowest BCUT2D eigenvalue weighted by molar-refractivity contribution is -0.119. The zero-order chi connectivity index (χ0) is 19.8. The highest BCUT2D eigenvalue weighted by molar-refractivity contribution is 14.0. The molecule has 2 aromatic rings. The molecule has 3 rings (SSSR count). The average molecular weight is 509 g/mol. The maximum atomic E-state index is 10.9. The Balaban J connectivity index is 0.00000300. The molecule has 3 N–H and O–H groups in total. The summed E-state index contributed by atoms with van der Waals surface area (Å²) in [4.78, 5) is 20.0. The molecule has 0 aliphatic carbocycles. The molecule has 0 bridgehead atoms. The quantitative estimate of drug-likeness (QED) is 0.354. The van der Waals surface area contributed by atoms with Gasteiger partial charge in [-0.25, -0.2) is 0 Å². The van der Waals surface area contributed by atoms with E-state index in [0.717, 1.165) is 37.7 Å². The first kappa shape index (κ1) is 22.8. The molecule has 0 radical (unpaired) electrons. The van der Waals surface area contributed by atoms with Gasteiger partial charge >= 0.3 is 0 Å². The minimum atomic E-state index is -0.487. The monoisotopic (exact) mass is 509 g/mol. The van der Waals surface area contributed by atoms with Gasteiger partial charge in [0.2, 0.25) is 0 Å². The third-order valence-corrected chi connectivity index (χ3v) is 4.64. The summed E-state index contributed by atoms with van der Waals surface area (Å²) in [6.07, 6.45) is 0. The summed E-state index contributed by atoms with van der Waals surface area (Å²) >= 11 is 0. The Labute approximate surface area is 188 Å². The van der Waals surface area contributed by atoms with Crippen molar-refractivity contribution < 1.29 is 9.53 Å². The fourth-order valence-electron chi connectivity index (χ4n) is 3.23. The fourth-order valence-corrected chi connectivity index (χ4v) is 3.23. The molecule has 0 saturated carbocycles. The van der Waals surface area contributed by atoms with Crippen LogP contribution in [0.2, 0.25) is 0 Å². The number of anilines is 1. The van der Waals surface area contributed by atoms with E-state index < -0.39 is 5.91 Å². The number of guanidine groups is 1. The van der Waals surface area contributed by atoms with Crippen LogP contribution in [0.25, 0.3) is 0 Å². The van der Waals surface area contributed by atoms with Gasteiger partial charge in [0.05, 0.1) is 0 Å². The molecule has 1 aliphatic heterocycles. The number of primary amides is 1. The van der Waals surface area contributed by atoms with Crippen LogP contribution in [-0.4, -0.2) is 56.6 Å². The first-order valence-corrected chi connectivity index (χ1v) is 9.41. The Hall–Kier alpha value is -2.49. The van der Waals surface area contributed by atoms with E-state index in [1.54, 1.807) is 7.05 Å². The number of rotatable bonds is 6. The van der Waals surface area contributed by atoms with Crippen molar-refractivity contribution in [1.82, 2.24) is 10.2 Å². The lowest BCUT2D eigenvalue weighted by Crippen LogP contribution is -2.52. The number of nitrogens with two attached hydrogens (primary N) is 1. The number of carbonyl (C=O) groups is 1. The van der Waals surface area contributed by atoms with Crippen molar-refractivity contribution in [1.29, 1.82) is 0 Å². The van der Waals surface area contributed by atoms with Crippen LogP contribution in [0, 0.1) is 0 Å². The van der Waals surface area contributed by atoms with Crippen molar-refractivity contribution in [2.45, 2.75) is 6.54 Å². The molecular formula is C21H28IN5O2. The Kier molecular flexibility index (Phi) is 9.04. The molecule has 0 atom stereocenters. The number of ether oxygens (including phenoxy) is 1. The second-order valence-electron chi connectivity index (χ2n) is 6.61. The number of hydrogen-bond acceptors (Lipinski definition) is 4. The van der Waals surface area contributed by atoms with Crippen LogP contribution in [0.15, 0.2) is 59.6 Å². The molecule has 8 heteroatoms. The second-order valence-corrected chi connectivity index (χ2v) is 6.61. The normalized spacial score (nSPS) is 14.2. The van der Waals surface area contributed by atoms with Crippen LogP contribution in [0.3, 0.4) is 0 Å². The lowest BCUT2D eigenvalue weighted by Gasteiger charge is -2.37. The number of nitrogens with one attached hydrogen (secondary N) is 1. The van der Waals surface area contributed by atoms with E-state index in [9.17, 15) is 4.79 Å². The summed E-state index contributed by atoms with van der Waals surface area (Å²) in [6, 6.07) is 18.1. The fraction of sp³-hybridized carbons (Fsp3) is 0.333. The van der Waals surface area contributed by atoms with Gasteiger partial charge in [0.15, 0.2) is 12.6 Å². The van der Waals surface area contributed by atoms with Gasteiger partial charge in [-0.2, -0.15) is 0 Å². The average Bonchev–Trinajstić information content (AvgIpc) is 2.74. The third-order valence-electron chi connectivity index (χ3n) is 4.64. The molecule has 2 aromatic carbocycles. The van der Waals surface area contributed by atoms with Crippen molar-refractivity contribution in [3.05, 3.63) is 60.2 Å². The molecule has 0 unspecified atom stereocenters. The number of amides is 1. The van der Waals surface area contributed by atoms with E-state index in [0.29, 0.717) is 12.3 Å².